The Morgan fingerprint density at radius 3 is 2.87 bits per heavy atom. The lowest BCUT2D eigenvalue weighted by Crippen LogP contribution is -1.92. The van der Waals surface area contributed by atoms with Crippen molar-refractivity contribution in [2.45, 2.75) is 0 Å². The Hall–Kier alpha value is -2.37. The fraction of sp³-hybridized carbons (Fsp3) is 0. The predicted octanol–water partition coefficient (Wildman–Crippen LogP) is 1.36. The molecule has 0 aliphatic rings. The number of benzene rings is 1. The van der Waals surface area contributed by atoms with Crippen molar-refractivity contribution in [1.29, 1.82) is 0 Å². The Morgan fingerprint density at radius 1 is 1.47 bits per heavy atom. The second-order valence-corrected chi connectivity index (χ2v) is 2.99. The van der Waals surface area contributed by atoms with Crippen LogP contribution in [-0.4, -0.2) is 14.5 Å². The molecule has 76 valence electrons. The van der Waals surface area contributed by atoms with Gasteiger partial charge in [0, 0.05) is 5.69 Å². The molecule has 0 aliphatic heterocycles. The van der Waals surface area contributed by atoms with E-state index < -0.39 is 4.92 Å². The number of hydrogen-bond acceptors (Lipinski definition) is 4. The molecule has 0 unspecified atom stereocenters. The number of nitrogen functional groups attached to an aromatic ring is 1. The molecule has 6 heteroatoms. The molecule has 0 fully saturated rings. The molecule has 2 N–H and O–H groups in total. The van der Waals surface area contributed by atoms with Gasteiger partial charge in [-0.25, -0.2) is 0 Å². The van der Waals surface area contributed by atoms with Crippen LogP contribution in [0, 0.1) is 10.1 Å². The average molecular weight is 204 g/mol. The van der Waals surface area contributed by atoms with Crippen molar-refractivity contribution in [2.24, 2.45) is 0 Å². The van der Waals surface area contributed by atoms with E-state index in [0.29, 0.717) is 5.69 Å². The summed E-state index contributed by atoms with van der Waals surface area (Å²) in [7, 11) is 0. The van der Waals surface area contributed by atoms with Gasteiger partial charge in [0.2, 0.25) is 6.33 Å². The van der Waals surface area contributed by atoms with Gasteiger partial charge in [-0.05, 0) is 28.1 Å². The quantitative estimate of drug-likeness (QED) is 0.454. The molecular formula is C9H8N4O2. The highest BCUT2D eigenvalue weighted by atomic mass is 16.6. The van der Waals surface area contributed by atoms with Gasteiger partial charge in [-0.15, -0.1) is 0 Å². The Morgan fingerprint density at radius 2 is 2.27 bits per heavy atom. The molecule has 0 aliphatic carbocycles. The third-order valence-corrected chi connectivity index (χ3v) is 1.92. The van der Waals surface area contributed by atoms with Crippen LogP contribution in [0.1, 0.15) is 0 Å². The molecule has 1 heterocycles. The third kappa shape index (κ3) is 1.78. The first-order valence-electron chi connectivity index (χ1n) is 4.21. The SMILES string of the molecule is Nc1cccc(-n2cnc([N+](=O)[O-])c2)c1. The van der Waals surface area contributed by atoms with Crippen LogP contribution >= 0.6 is 0 Å². The first-order chi connectivity index (χ1) is 7.16. The summed E-state index contributed by atoms with van der Waals surface area (Å²) in [6, 6.07) is 7.03. The molecule has 0 saturated carbocycles. The molecule has 1 aromatic carbocycles. The fourth-order valence-electron chi connectivity index (χ4n) is 1.23. The normalized spacial score (nSPS) is 10.1. The number of anilines is 1. The van der Waals surface area contributed by atoms with Crippen molar-refractivity contribution in [1.82, 2.24) is 9.55 Å². The van der Waals surface area contributed by atoms with Crippen LogP contribution < -0.4 is 5.73 Å². The predicted molar refractivity (Wildman–Crippen MR) is 54.6 cm³/mol. The topological polar surface area (TPSA) is 87.0 Å². The van der Waals surface area contributed by atoms with E-state index in [-0.39, 0.29) is 5.82 Å². The zero-order chi connectivity index (χ0) is 10.8. The number of nitrogens with two attached hydrogens (primary N) is 1. The lowest BCUT2D eigenvalue weighted by atomic mass is 10.3. The molecule has 0 spiro atoms. The van der Waals surface area contributed by atoms with Gasteiger partial charge in [0.25, 0.3) is 0 Å². The van der Waals surface area contributed by atoms with Crippen molar-refractivity contribution < 1.29 is 4.92 Å². The van der Waals surface area contributed by atoms with Gasteiger partial charge in [-0.1, -0.05) is 6.07 Å². The molecule has 2 rings (SSSR count). The van der Waals surface area contributed by atoms with E-state index in [1.54, 1.807) is 28.8 Å². The van der Waals surface area contributed by atoms with Crippen molar-refractivity contribution in [2.75, 3.05) is 5.73 Å². The Balaban J connectivity index is 2.41. The standard InChI is InChI=1S/C9H8N4O2/c10-7-2-1-3-8(4-7)12-5-9(11-6-12)13(14)15/h1-6H,10H2. The molecule has 0 atom stereocenters. The van der Waals surface area contributed by atoms with E-state index >= 15 is 0 Å². The lowest BCUT2D eigenvalue weighted by molar-refractivity contribution is -0.389. The smallest absolute Gasteiger partial charge is 0.381 e. The van der Waals surface area contributed by atoms with Gasteiger partial charge in [0.1, 0.15) is 6.20 Å². The van der Waals surface area contributed by atoms with Crippen LogP contribution in [-0.2, 0) is 0 Å². The molecule has 1 aromatic heterocycles. The first kappa shape index (κ1) is 9.20. The molecular weight excluding hydrogens is 196 g/mol. The van der Waals surface area contributed by atoms with E-state index in [1.165, 1.54) is 12.5 Å². The zero-order valence-electron chi connectivity index (χ0n) is 7.70. The number of imidazole rings is 1. The van der Waals surface area contributed by atoms with Gasteiger partial charge in [-0.2, -0.15) is 0 Å². The maximum absolute atomic E-state index is 10.4. The summed E-state index contributed by atoms with van der Waals surface area (Å²) < 4.78 is 1.55. The highest BCUT2D eigenvalue weighted by Crippen LogP contribution is 2.14. The number of nitro groups is 1. The highest BCUT2D eigenvalue weighted by molar-refractivity contribution is 5.47. The van der Waals surface area contributed by atoms with Crippen LogP contribution in [0.5, 0.6) is 0 Å². The van der Waals surface area contributed by atoms with Crippen molar-refractivity contribution in [3.8, 4) is 5.69 Å². The maximum atomic E-state index is 10.4. The fourth-order valence-corrected chi connectivity index (χ4v) is 1.23. The summed E-state index contributed by atoms with van der Waals surface area (Å²) in [4.78, 5) is 13.5. The zero-order valence-corrected chi connectivity index (χ0v) is 7.70. The van der Waals surface area contributed by atoms with E-state index in [9.17, 15) is 10.1 Å². The minimum absolute atomic E-state index is 0.183. The monoisotopic (exact) mass is 204 g/mol. The Bertz CT molecular complexity index is 506. The van der Waals surface area contributed by atoms with Gasteiger partial charge in [-0.3, -0.25) is 4.57 Å². The highest BCUT2D eigenvalue weighted by Gasteiger charge is 2.10. The number of rotatable bonds is 2. The van der Waals surface area contributed by atoms with Crippen LogP contribution in [0.2, 0.25) is 0 Å². The van der Waals surface area contributed by atoms with E-state index in [4.69, 9.17) is 5.73 Å². The molecule has 15 heavy (non-hydrogen) atoms. The molecule has 0 bridgehead atoms. The summed E-state index contributed by atoms with van der Waals surface area (Å²) in [6.45, 7) is 0. The third-order valence-electron chi connectivity index (χ3n) is 1.92. The van der Waals surface area contributed by atoms with Crippen LogP contribution in [0.3, 0.4) is 0 Å². The van der Waals surface area contributed by atoms with Gasteiger partial charge in [0.05, 0.1) is 5.69 Å². The molecule has 6 nitrogen and oxygen atoms in total. The minimum atomic E-state index is -0.539. The van der Waals surface area contributed by atoms with Crippen LogP contribution in [0.4, 0.5) is 11.5 Å². The average Bonchev–Trinajstić information content (AvgIpc) is 2.66. The Labute approximate surface area is 85.1 Å². The Kier molecular flexibility index (Phi) is 2.09. The maximum Gasteiger partial charge on any atom is 0.381 e. The molecule has 0 saturated heterocycles. The summed E-state index contributed by atoms with van der Waals surface area (Å²) in [5.74, 6) is -0.183. The molecule has 0 radical (unpaired) electrons. The summed E-state index contributed by atoms with van der Waals surface area (Å²) in [6.07, 6.45) is 2.72. The minimum Gasteiger partial charge on any atom is -0.399 e. The number of aromatic nitrogens is 2. The van der Waals surface area contributed by atoms with Gasteiger partial charge < -0.3 is 15.8 Å². The molecule has 0 amide bonds. The van der Waals surface area contributed by atoms with Gasteiger partial charge in [0.15, 0.2) is 0 Å². The first-order valence-corrected chi connectivity index (χ1v) is 4.21. The summed E-state index contributed by atoms with van der Waals surface area (Å²) >= 11 is 0. The number of hydrogen-bond donors (Lipinski definition) is 1. The second-order valence-electron chi connectivity index (χ2n) is 2.99. The molecule has 2 aromatic rings. The van der Waals surface area contributed by atoms with Crippen molar-refractivity contribution >= 4 is 11.5 Å². The van der Waals surface area contributed by atoms with Gasteiger partial charge >= 0.3 is 5.82 Å². The van der Waals surface area contributed by atoms with Crippen molar-refractivity contribution in [3.05, 3.63) is 46.9 Å². The second kappa shape index (κ2) is 3.41. The largest absolute Gasteiger partial charge is 0.399 e. The van der Waals surface area contributed by atoms with E-state index in [2.05, 4.69) is 4.98 Å². The summed E-state index contributed by atoms with van der Waals surface area (Å²) in [5, 5.41) is 10.4. The van der Waals surface area contributed by atoms with E-state index in [1.807, 2.05) is 0 Å². The summed E-state index contributed by atoms with van der Waals surface area (Å²) in [5.41, 5.74) is 6.94. The van der Waals surface area contributed by atoms with Crippen molar-refractivity contribution in [3.63, 3.8) is 0 Å². The van der Waals surface area contributed by atoms with Crippen LogP contribution in [0.25, 0.3) is 5.69 Å². The van der Waals surface area contributed by atoms with E-state index in [0.717, 1.165) is 5.69 Å². The lowest BCUT2D eigenvalue weighted by Gasteiger charge is -2.00. The number of nitrogens with zero attached hydrogens (tertiary/aromatic N) is 3. The van der Waals surface area contributed by atoms with Crippen LogP contribution in [0.15, 0.2) is 36.8 Å².